The van der Waals surface area contributed by atoms with Gasteiger partial charge in [0.1, 0.15) is 0 Å². The van der Waals surface area contributed by atoms with Crippen molar-refractivity contribution in [1.82, 2.24) is 4.90 Å². The van der Waals surface area contributed by atoms with Crippen molar-refractivity contribution in [3.63, 3.8) is 0 Å². The van der Waals surface area contributed by atoms with Crippen LogP contribution < -0.4 is 0 Å². The molecule has 1 aliphatic heterocycles. The zero-order valence-corrected chi connectivity index (χ0v) is 8.81. The number of hydrogen-bond donors (Lipinski definition) is 2. The molecule has 1 heterocycles. The molecule has 2 N–H and O–H groups in total. The number of β-amino-alcohol motifs (C(OH)–C–C–N with tert-alkyl or cyclic N) is 2. The van der Waals surface area contributed by atoms with Gasteiger partial charge >= 0.3 is 0 Å². The number of nitrogens with zero attached hydrogens (tertiary/aromatic N) is 1. The van der Waals surface area contributed by atoms with Gasteiger partial charge in [-0.3, -0.25) is 4.79 Å². The maximum Gasteiger partial charge on any atom is 0.223 e. The normalized spacial score (nSPS) is 29.3. The largest absolute Gasteiger partial charge is 0.388 e. The van der Waals surface area contributed by atoms with Crippen molar-refractivity contribution in [1.29, 1.82) is 0 Å². The summed E-state index contributed by atoms with van der Waals surface area (Å²) in [7, 11) is 0. The van der Waals surface area contributed by atoms with Gasteiger partial charge in [0.25, 0.3) is 0 Å². The summed E-state index contributed by atoms with van der Waals surface area (Å²) in [5.41, 5.74) is 0. The molecule has 1 unspecified atom stereocenters. The Morgan fingerprint density at radius 3 is 2.36 bits per heavy atom. The molecule has 0 radical (unpaired) electrons. The molecule has 0 aromatic rings. The smallest absolute Gasteiger partial charge is 0.223 e. The first-order chi connectivity index (χ1) is 6.54. The Bertz CT molecular complexity index is 198. The quantitative estimate of drug-likeness (QED) is 0.675. The first-order valence-electron chi connectivity index (χ1n) is 5.18. The fraction of sp³-hybridized carbons (Fsp3) is 0.900. The van der Waals surface area contributed by atoms with E-state index >= 15 is 0 Å². The van der Waals surface area contributed by atoms with Crippen LogP contribution in [0.15, 0.2) is 0 Å². The van der Waals surface area contributed by atoms with Crippen LogP contribution in [0.3, 0.4) is 0 Å². The topological polar surface area (TPSA) is 60.8 Å². The van der Waals surface area contributed by atoms with Crippen molar-refractivity contribution >= 4 is 5.91 Å². The number of rotatable bonds is 3. The standard InChI is InChI=1S/C10H19NO3/c1-3-7(2)4-10(14)11-5-8(12)9(13)6-11/h7-9,12-13H,3-6H2,1-2H3/t7?,8-,9+. The highest BCUT2D eigenvalue weighted by Gasteiger charge is 2.32. The van der Waals surface area contributed by atoms with Crippen molar-refractivity contribution in [2.75, 3.05) is 13.1 Å². The molecule has 4 nitrogen and oxygen atoms in total. The number of likely N-dealkylation sites (tertiary alicyclic amines) is 1. The maximum absolute atomic E-state index is 11.6. The molecule has 0 aromatic carbocycles. The molecule has 4 heteroatoms. The Hall–Kier alpha value is -0.610. The molecular formula is C10H19NO3. The van der Waals surface area contributed by atoms with Gasteiger partial charge in [0.2, 0.25) is 5.91 Å². The molecule has 0 spiro atoms. The van der Waals surface area contributed by atoms with Crippen molar-refractivity contribution in [2.24, 2.45) is 5.92 Å². The van der Waals surface area contributed by atoms with E-state index in [1.54, 1.807) is 4.90 Å². The van der Waals surface area contributed by atoms with Gasteiger partial charge < -0.3 is 15.1 Å². The molecule has 0 bridgehead atoms. The number of hydrogen-bond acceptors (Lipinski definition) is 3. The van der Waals surface area contributed by atoms with Gasteiger partial charge in [-0.15, -0.1) is 0 Å². The third kappa shape index (κ3) is 2.69. The fourth-order valence-electron chi connectivity index (χ4n) is 1.54. The number of amides is 1. The van der Waals surface area contributed by atoms with Crippen LogP contribution in [0.2, 0.25) is 0 Å². The van der Waals surface area contributed by atoms with E-state index in [-0.39, 0.29) is 19.0 Å². The van der Waals surface area contributed by atoms with Crippen LogP contribution in [0.4, 0.5) is 0 Å². The van der Waals surface area contributed by atoms with Crippen LogP contribution in [0.25, 0.3) is 0 Å². The Balaban J connectivity index is 2.39. The van der Waals surface area contributed by atoms with Gasteiger partial charge in [-0.2, -0.15) is 0 Å². The molecule has 1 rings (SSSR count). The van der Waals surface area contributed by atoms with Crippen LogP contribution in [0.1, 0.15) is 26.7 Å². The van der Waals surface area contributed by atoms with Crippen LogP contribution in [-0.4, -0.2) is 46.3 Å². The molecule has 82 valence electrons. The van der Waals surface area contributed by atoms with Crippen LogP contribution >= 0.6 is 0 Å². The van der Waals surface area contributed by atoms with E-state index in [1.807, 2.05) is 13.8 Å². The van der Waals surface area contributed by atoms with Crippen LogP contribution in [0, 0.1) is 5.92 Å². The zero-order chi connectivity index (χ0) is 10.7. The van der Waals surface area contributed by atoms with Gasteiger partial charge in [0.15, 0.2) is 0 Å². The van der Waals surface area contributed by atoms with E-state index in [2.05, 4.69) is 0 Å². The predicted molar refractivity (Wildman–Crippen MR) is 52.7 cm³/mol. The lowest BCUT2D eigenvalue weighted by molar-refractivity contribution is -0.131. The molecule has 0 saturated carbocycles. The molecule has 0 aromatic heterocycles. The van der Waals surface area contributed by atoms with Crippen molar-refractivity contribution < 1.29 is 15.0 Å². The molecule has 1 saturated heterocycles. The summed E-state index contributed by atoms with van der Waals surface area (Å²) in [5.74, 6) is 0.410. The molecule has 0 aliphatic carbocycles. The summed E-state index contributed by atoms with van der Waals surface area (Å²) in [6, 6.07) is 0. The first-order valence-corrected chi connectivity index (χ1v) is 5.18. The second kappa shape index (κ2) is 4.75. The molecular weight excluding hydrogens is 182 g/mol. The minimum absolute atomic E-state index is 0.0370. The highest BCUT2D eigenvalue weighted by molar-refractivity contribution is 5.76. The van der Waals surface area contributed by atoms with E-state index in [0.29, 0.717) is 12.3 Å². The second-order valence-corrected chi connectivity index (χ2v) is 4.15. The number of carbonyl (C=O) groups excluding carboxylic acids is 1. The summed E-state index contributed by atoms with van der Waals surface area (Å²) in [4.78, 5) is 13.2. The lowest BCUT2D eigenvalue weighted by Crippen LogP contribution is -2.30. The molecule has 1 fully saturated rings. The lowest BCUT2D eigenvalue weighted by Gasteiger charge is -2.17. The summed E-state index contributed by atoms with van der Waals surface area (Å²) in [6.45, 7) is 4.62. The first kappa shape index (κ1) is 11.5. The third-order valence-corrected chi connectivity index (χ3v) is 2.83. The highest BCUT2D eigenvalue weighted by atomic mass is 16.3. The minimum Gasteiger partial charge on any atom is -0.388 e. The molecule has 3 atom stereocenters. The van der Waals surface area contributed by atoms with E-state index in [4.69, 9.17) is 0 Å². The average Bonchev–Trinajstić information content (AvgIpc) is 2.47. The van der Waals surface area contributed by atoms with Gasteiger partial charge in [-0.1, -0.05) is 20.3 Å². The lowest BCUT2D eigenvalue weighted by atomic mass is 10.0. The summed E-state index contributed by atoms with van der Waals surface area (Å²) < 4.78 is 0. The fourth-order valence-corrected chi connectivity index (χ4v) is 1.54. The highest BCUT2D eigenvalue weighted by Crippen LogP contribution is 2.15. The van der Waals surface area contributed by atoms with Crippen molar-refractivity contribution in [3.05, 3.63) is 0 Å². The molecule has 1 amide bonds. The van der Waals surface area contributed by atoms with Crippen molar-refractivity contribution in [3.8, 4) is 0 Å². The minimum atomic E-state index is -0.768. The summed E-state index contributed by atoms with van der Waals surface area (Å²) in [5, 5.41) is 18.5. The van der Waals surface area contributed by atoms with Crippen molar-refractivity contribution in [2.45, 2.75) is 38.9 Å². The Morgan fingerprint density at radius 1 is 1.43 bits per heavy atom. The average molecular weight is 201 g/mol. The Labute approximate surface area is 84.5 Å². The maximum atomic E-state index is 11.6. The van der Waals surface area contributed by atoms with Gasteiger partial charge in [-0.25, -0.2) is 0 Å². The Kier molecular flexibility index (Phi) is 3.89. The second-order valence-electron chi connectivity index (χ2n) is 4.15. The van der Waals surface area contributed by atoms with Gasteiger partial charge in [0.05, 0.1) is 12.2 Å². The Morgan fingerprint density at radius 2 is 1.93 bits per heavy atom. The third-order valence-electron chi connectivity index (χ3n) is 2.83. The van der Waals surface area contributed by atoms with Crippen LogP contribution in [-0.2, 0) is 4.79 Å². The van der Waals surface area contributed by atoms with E-state index < -0.39 is 12.2 Å². The monoisotopic (exact) mass is 201 g/mol. The number of aliphatic hydroxyl groups excluding tert-OH is 2. The zero-order valence-electron chi connectivity index (χ0n) is 8.81. The van der Waals surface area contributed by atoms with E-state index in [0.717, 1.165) is 6.42 Å². The predicted octanol–water partition coefficient (Wildman–Crippen LogP) is -0.0134. The summed E-state index contributed by atoms with van der Waals surface area (Å²) in [6.07, 6.45) is -0.0487. The van der Waals surface area contributed by atoms with Crippen LogP contribution in [0.5, 0.6) is 0 Å². The van der Waals surface area contributed by atoms with Gasteiger partial charge in [-0.05, 0) is 5.92 Å². The number of carbonyl (C=O) groups is 1. The van der Waals surface area contributed by atoms with Gasteiger partial charge in [0, 0.05) is 19.5 Å². The van der Waals surface area contributed by atoms with E-state index in [9.17, 15) is 15.0 Å². The number of aliphatic hydroxyl groups is 2. The molecule has 1 aliphatic rings. The molecule has 14 heavy (non-hydrogen) atoms. The SMILES string of the molecule is CCC(C)CC(=O)N1C[C@@H](O)[C@@H](O)C1. The summed E-state index contributed by atoms with van der Waals surface area (Å²) >= 11 is 0. The van der Waals surface area contributed by atoms with E-state index in [1.165, 1.54) is 0 Å².